The van der Waals surface area contributed by atoms with Crippen molar-refractivity contribution in [1.29, 1.82) is 0 Å². The zero-order valence-corrected chi connectivity index (χ0v) is 13.6. The highest BCUT2D eigenvalue weighted by Gasteiger charge is 2.31. The standard InChI is InChI=1S/C16H16N4O2S/c1-3-22-13-6-4-12(5-7-13)20-15(21)14(18-16(20)23)8-11-9-17-19(2)10-11/h4-10H,3H2,1-2H3,(H,18,23)/b14-8+. The highest BCUT2D eigenvalue weighted by atomic mass is 32.1. The number of hydrogen-bond donors (Lipinski definition) is 1. The first kappa shape index (κ1) is 15.2. The van der Waals surface area contributed by atoms with E-state index in [-0.39, 0.29) is 5.91 Å². The van der Waals surface area contributed by atoms with Crippen molar-refractivity contribution >= 4 is 35.0 Å². The van der Waals surface area contributed by atoms with Gasteiger partial charge in [0.25, 0.3) is 5.91 Å². The van der Waals surface area contributed by atoms with Crippen molar-refractivity contribution < 1.29 is 9.53 Å². The third kappa shape index (κ3) is 3.09. The van der Waals surface area contributed by atoms with E-state index in [1.165, 1.54) is 4.90 Å². The lowest BCUT2D eigenvalue weighted by Crippen LogP contribution is -2.30. The third-order valence-electron chi connectivity index (χ3n) is 3.32. The predicted octanol–water partition coefficient (Wildman–Crippen LogP) is 2.08. The molecule has 1 amide bonds. The number of rotatable bonds is 4. The Kier molecular flexibility index (Phi) is 4.12. The summed E-state index contributed by atoms with van der Waals surface area (Å²) in [6.07, 6.45) is 5.24. The van der Waals surface area contributed by atoms with Gasteiger partial charge in [0.2, 0.25) is 0 Å². The smallest absolute Gasteiger partial charge is 0.281 e. The summed E-state index contributed by atoms with van der Waals surface area (Å²) in [6.45, 7) is 2.52. The molecule has 3 rings (SSSR count). The van der Waals surface area contributed by atoms with Crippen LogP contribution in [0.3, 0.4) is 0 Å². The summed E-state index contributed by atoms with van der Waals surface area (Å²) in [7, 11) is 1.82. The SMILES string of the molecule is CCOc1ccc(N2C(=O)/C(=C\c3cnn(C)c3)NC2=S)cc1. The summed E-state index contributed by atoms with van der Waals surface area (Å²) in [5.74, 6) is 0.566. The molecule has 0 radical (unpaired) electrons. The Bertz CT molecular complexity index is 780. The van der Waals surface area contributed by atoms with E-state index in [1.54, 1.807) is 17.0 Å². The molecule has 0 spiro atoms. The van der Waals surface area contributed by atoms with E-state index in [4.69, 9.17) is 17.0 Å². The molecule has 1 aliphatic heterocycles. The van der Waals surface area contributed by atoms with Crippen molar-refractivity contribution in [2.24, 2.45) is 7.05 Å². The summed E-state index contributed by atoms with van der Waals surface area (Å²) < 4.78 is 7.08. The molecule has 6 nitrogen and oxygen atoms in total. The lowest BCUT2D eigenvalue weighted by atomic mass is 10.2. The number of aromatic nitrogens is 2. The van der Waals surface area contributed by atoms with Gasteiger partial charge in [-0.2, -0.15) is 5.10 Å². The molecule has 1 N–H and O–H groups in total. The van der Waals surface area contributed by atoms with Gasteiger partial charge in [-0.05, 0) is 49.5 Å². The van der Waals surface area contributed by atoms with Gasteiger partial charge in [0.05, 0.1) is 18.5 Å². The minimum Gasteiger partial charge on any atom is -0.494 e. The lowest BCUT2D eigenvalue weighted by molar-refractivity contribution is -0.113. The number of thiocarbonyl (C=S) groups is 1. The molecular formula is C16H16N4O2S. The van der Waals surface area contributed by atoms with Gasteiger partial charge >= 0.3 is 0 Å². The quantitative estimate of drug-likeness (QED) is 0.688. The number of aryl methyl sites for hydroxylation is 1. The molecule has 118 valence electrons. The number of benzene rings is 1. The molecule has 1 aromatic carbocycles. The van der Waals surface area contributed by atoms with Crippen molar-refractivity contribution in [3.05, 3.63) is 47.9 Å². The average molecular weight is 328 g/mol. The highest BCUT2D eigenvalue weighted by Crippen LogP contribution is 2.24. The van der Waals surface area contributed by atoms with E-state index >= 15 is 0 Å². The van der Waals surface area contributed by atoms with Crippen LogP contribution in [0.25, 0.3) is 6.08 Å². The first-order valence-corrected chi connectivity index (χ1v) is 7.58. The highest BCUT2D eigenvalue weighted by molar-refractivity contribution is 7.80. The van der Waals surface area contributed by atoms with Gasteiger partial charge < -0.3 is 10.1 Å². The number of hydrogen-bond acceptors (Lipinski definition) is 4. The number of carbonyl (C=O) groups excluding carboxylic acids is 1. The minimum absolute atomic E-state index is 0.192. The largest absolute Gasteiger partial charge is 0.494 e. The lowest BCUT2D eigenvalue weighted by Gasteiger charge is -2.14. The molecule has 0 atom stereocenters. The Morgan fingerprint density at radius 2 is 2.09 bits per heavy atom. The third-order valence-corrected chi connectivity index (χ3v) is 3.60. The predicted molar refractivity (Wildman–Crippen MR) is 92.0 cm³/mol. The van der Waals surface area contributed by atoms with E-state index in [9.17, 15) is 4.79 Å². The Hall–Kier alpha value is -2.67. The van der Waals surface area contributed by atoms with Crippen LogP contribution in [0.5, 0.6) is 5.75 Å². The Labute approximate surface area is 139 Å². The topological polar surface area (TPSA) is 59.4 Å². The molecule has 2 aromatic rings. The summed E-state index contributed by atoms with van der Waals surface area (Å²) in [5.41, 5.74) is 1.96. The number of nitrogens with one attached hydrogen (secondary N) is 1. The van der Waals surface area contributed by atoms with Gasteiger partial charge in [0, 0.05) is 18.8 Å². The number of ether oxygens (including phenoxy) is 1. The number of amides is 1. The van der Waals surface area contributed by atoms with Crippen molar-refractivity contribution in [2.75, 3.05) is 11.5 Å². The molecule has 1 fully saturated rings. The van der Waals surface area contributed by atoms with Crippen LogP contribution in [0.2, 0.25) is 0 Å². The van der Waals surface area contributed by atoms with E-state index in [0.29, 0.717) is 23.1 Å². The first-order valence-electron chi connectivity index (χ1n) is 7.17. The van der Waals surface area contributed by atoms with Crippen molar-refractivity contribution in [3.63, 3.8) is 0 Å². The second kappa shape index (κ2) is 6.21. The Balaban J connectivity index is 1.85. The van der Waals surface area contributed by atoms with Gasteiger partial charge in [-0.15, -0.1) is 0 Å². The maximum absolute atomic E-state index is 12.6. The van der Waals surface area contributed by atoms with Gasteiger partial charge in [-0.25, -0.2) is 0 Å². The second-order valence-corrected chi connectivity index (χ2v) is 5.39. The molecule has 7 heteroatoms. The molecular weight excluding hydrogens is 312 g/mol. The molecule has 1 aliphatic rings. The van der Waals surface area contributed by atoms with Gasteiger partial charge in [-0.1, -0.05) is 0 Å². The fraction of sp³-hybridized carbons (Fsp3) is 0.188. The molecule has 0 unspecified atom stereocenters. The molecule has 23 heavy (non-hydrogen) atoms. The van der Waals surface area contributed by atoms with Gasteiger partial charge in [0.15, 0.2) is 5.11 Å². The van der Waals surface area contributed by atoms with Crippen LogP contribution < -0.4 is 15.0 Å². The Morgan fingerprint density at radius 3 is 2.70 bits per heavy atom. The summed E-state index contributed by atoms with van der Waals surface area (Å²) in [6, 6.07) is 7.25. The van der Waals surface area contributed by atoms with Gasteiger partial charge in [-0.3, -0.25) is 14.4 Å². The molecule has 0 bridgehead atoms. The zero-order chi connectivity index (χ0) is 16.4. The molecule has 0 aliphatic carbocycles. The van der Waals surface area contributed by atoms with Crippen molar-refractivity contribution in [3.8, 4) is 5.75 Å². The normalized spacial score (nSPS) is 16.1. The fourth-order valence-electron chi connectivity index (χ4n) is 2.31. The summed E-state index contributed by atoms with van der Waals surface area (Å²) >= 11 is 5.28. The van der Waals surface area contributed by atoms with Crippen LogP contribution in [-0.2, 0) is 11.8 Å². The van der Waals surface area contributed by atoms with Crippen molar-refractivity contribution in [2.45, 2.75) is 6.92 Å². The zero-order valence-electron chi connectivity index (χ0n) is 12.8. The number of carbonyl (C=O) groups is 1. The molecule has 1 saturated heterocycles. The molecule has 2 heterocycles. The second-order valence-electron chi connectivity index (χ2n) is 5.00. The van der Waals surface area contributed by atoms with E-state index in [1.807, 2.05) is 44.4 Å². The van der Waals surface area contributed by atoms with Crippen molar-refractivity contribution in [1.82, 2.24) is 15.1 Å². The van der Waals surface area contributed by atoms with Crippen LogP contribution in [0.4, 0.5) is 5.69 Å². The minimum atomic E-state index is -0.192. The molecule has 1 aromatic heterocycles. The number of anilines is 1. The first-order chi connectivity index (χ1) is 11.1. The van der Waals surface area contributed by atoms with Gasteiger partial charge in [0.1, 0.15) is 11.4 Å². The fourth-order valence-corrected chi connectivity index (χ4v) is 2.61. The average Bonchev–Trinajstić information content (AvgIpc) is 3.05. The number of nitrogens with zero attached hydrogens (tertiary/aromatic N) is 3. The van der Waals surface area contributed by atoms with Crippen LogP contribution in [0, 0.1) is 0 Å². The maximum Gasteiger partial charge on any atom is 0.281 e. The monoisotopic (exact) mass is 328 g/mol. The summed E-state index contributed by atoms with van der Waals surface area (Å²) in [4.78, 5) is 14.1. The van der Waals surface area contributed by atoms with Crippen LogP contribution in [-0.4, -0.2) is 27.4 Å². The summed E-state index contributed by atoms with van der Waals surface area (Å²) in [5, 5.41) is 7.39. The van der Waals surface area contributed by atoms with Crippen LogP contribution in [0.15, 0.2) is 42.4 Å². The van der Waals surface area contributed by atoms with E-state index in [0.717, 1.165) is 11.3 Å². The molecule has 0 saturated carbocycles. The van der Waals surface area contributed by atoms with E-state index in [2.05, 4.69) is 10.4 Å². The van der Waals surface area contributed by atoms with Crippen LogP contribution >= 0.6 is 12.2 Å². The maximum atomic E-state index is 12.6. The van der Waals surface area contributed by atoms with E-state index < -0.39 is 0 Å². The Morgan fingerprint density at radius 1 is 1.35 bits per heavy atom. The van der Waals surface area contributed by atoms with Crippen LogP contribution in [0.1, 0.15) is 12.5 Å².